The molecule has 3 aromatic rings. The zero-order valence-corrected chi connectivity index (χ0v) is 21.2. The van der Waals surface area contributed by atoms with Gasteiger partial charge in [0.25, 0.3) is 0 Å². The second-order valence-corrected chi connectivity index (χ2v) is 8.24. The van der Waals surface area contributed by atoms with Gasteiger partial charge in [-0.15, -0.1) is 0 Å². The standard InChI is InChI=1S/C26H23BrN4O5/c1-34-21-5-3-4-20(12-21)30-24(32)13-25(33)31-29-15-19-10-22(27)26(23(11-19)35-2)36-16-18-8-6-17(14-28)7-9-18/h3-12,15H,13,16H2,1-2H3,(H,30,32)(H,31,33). The van der Waals surface area contributed by atoms with E-state index in [2.05, 4.69) is 37.8 Å². The molecule has 0 radical (unpaired) electrons. The van der Waals surface area contributed by atoms with Crippen molar-refractivity contribution in [1.29, 1.82) is 5.26 Å². The van der Waals surface area contributed by atoms with Crippen molar-refractivity contribution in [3.05, 3.63) is 81.8 Å². The molecule has 0 fully saturated rings. The summed E-state index contributed by atoms with van der Waals surface area (Å²) in [5, 5.41) is 15.5. The Balaban J connectivity index is 1.56. The second kappa shape index (κ2) is 12.9. The lowest BCUT2D eigenvalue weighted by atomic mass is 10.1. The molecule has 2 N–H and O–H groups in total. The number of hydrogen-bond acceptors (Lipinski definition) is 7. The Kier molecular flexibility index (Phi) is 9.42. The van der Waals surface area contributed by atoms with Crippen LogP contribution in [0.1, 0.15) is 23.1 Å². The van der Waals surface area contributed by atoms with Gasteiger partial charge in [0, 0.05) is 11.8 Å². The largest absolute Gasteiger partial charge is 0.497 e. The Morgan fingerprint density at radius 2 is 1.83 bits per heavy atom. The molecule has 0 aliphatic carbocycles. The maximum absolute atomic E-state index is 12.1. The lowest BCUT2D eigenvalue weighted by Crippen LogP contribution is -2.24. The summed E-state index contributed by atoms with van der Waals surface area (Å²) in [4.78, 5) is 24.2. The number of hydrogen-bond donors (Lipinski definition) is 2. The fourth-order valence-corrected chi connectivity index (χ4v) is 3.63. The molecular weight excluding hydrogens is 528 g/mol. The third-order valence-electron chi connectivity index (χ3n) is 4.80. The molecule has 10 heteroatoms. The van der Waals surface area contributed by atoms with Crippen molar-refractivity contribution < 1.29 is 23.8 Å². The Morgan fingerprint density at radius 1 is 1.06 bits per heavy atom. The number of ether oxygens (including phenoxy) is 3. The van der Waals surface area contributed by atoms with Crippen LogP contribution in [-0.2, 0) is 16.2 Å². The molecule has 0 saturated heterocycles. The topological polar surface area (TPSA) is 122 Å². The van der Waals surface area contributed by atoms with Gasteiger partial charge in [-0.25, -0.2) is 5.43 Å². The van der Waals surface area contributed by atoms with Gasteiger partial charge < -0.3 is 19.5 Å². The quantitative estimate of drug-likeness (QED) is 0.219. The fourth-order valence-electron chi connectivity index (χ4n) is 3.06. The van der Waals surface area contributed by atoms with Gasteiger partial charge in [0.15, 0.2) is 11.5 Å². The van der Waals surface area contributed by atoms with E-state index in [4.69, 9.17) is 19.5 Å². The van der Waals surface area contributed by atoms with Crippen molar-refractivity contribution in [3.8, 4) is 23.3 Å². The number of amides is 2. The molecule has 0 bridgehead atoms. The van der Waals surface area contributed by atoms with Crippen LogP contribution >= 0.6 is 15.9 Å². The molecule has 0 unspecified atom stereocenters. The first-order valence-corrected chi connectivity index (χ1v) is 11.5. The number of carbonyl (C=O) groups is 2. The maximum Gasteiger partial charge on any atom is 0.249 e. The maximum atomic E-state index is 12.1. The number of methoxy groups -OCH3 is 2. The fraction of sp³-hybridized carbons (Fsp3) is 0.154. The number of benzene rings is 3. The van der Waals surface area contributed by atoms with Crippen molar-refractivity contribution in [3.63, 3.8) is 0 Å². The van der Waals surface area contributed by atoms with E-state index >= 15 is 0 Å². The lowest BCUT2D eigenvalue weighted by molar-refractivity contribution is -0.126. The normalized spacial score (nSPS) is 10.4. The van der Waals surface area contributed by atoms with Crippen molar-refractivity contribution in [2.45, 2.75) is 13.0 Å². The van der Waals surface area contributed by atoms with Gasteiger partial charge in [-0.3, -0.25) is 9.59 Å². The van der Waals surface area contributed by atoms with Crippen LogP contribution in [0.15, 0.2) is 70.2 Å². The number of hydrazone groups is 1. The molecular formula is C26H23BrN4O5. The Bertz CT molecular complexity index is 1300. The number of nitrogens with zero attached hydrogens (tertiary/aromatic N) is 2. The molecule has 0 saturated carbocycles. The summed E-state index contributed by atoms with van der Waals surface area (Å²) in [7, 11) is 3.04. The van der Waals surface area contributed by atoms with E-state index in [1.807, 2.05) is 12.1 Å². The molecule has 184 valence electrons. The van der Waals surface area contributed by atoms with Crippen molar-refractivity contribution in [2.24, 2.45) is 5.10 Å². The summed E-state index contributed by atoms with van der Waals surface area (Å²) in [5.41, 5.74) is 4.95. The number of rotatable bonds is 10. The minimum absolute atomic E-state index is 0.280. The molecule has 0 aliphatic rings. The third kappa shape index (κ3) is 7.58. The van der Waals surface area contributed by atoms with Crippen LogP contribution in [0.25, 0.3) is 0 Å². The van der Waals surface area contributed by atoms with Gasteiger partial charge in [0.05, 0.1) is 36.5 Å². The Labute approximate surface area is 216 Å². The first-order valence-electron chi connectivity index (χ1n) is 10.7. The van der Waals surface area contributed by atoms with Crippen LogP contribution in [0.4, 0.5) is 5.69 Å². The van der Waals surface area contributed by atoms with E-state index < -0.39 is 18.2 Å². The van der Waals surface area contributed by atoms with Gasteiger partial charge in [0.1, 0.15) is 18.8 Å². The monoisotopic (exact) mass is 550 g/mol. The average molecular weight is 551 g/mol. The number of carbonyl (C=O) groups excluding carboxylic acids is 2. The van der Waals surface area contributed by atoms with Gasteiger partial charge in [-0.05, 0) is 63.5 Å². The van der Waals surface area contributed by atoms with E-state index in [1.54, 1.807) is 48.5 Å². The highest BCUT2D eigenvalue weighted by Crippen LogP contribution is 2.36. The van der Waals surface area contributed by atoms with Crippen LogP contribution in [0.2, 0.25) is 0 Å². The smallest absolute Gasteiger partial charge is 0.249 e. The summed E-state index contributed by atoms with van der Waals surface area (Å²) >= 11 is 3.47. The third-order valence-corrected chi connectivity index (χ3v) is 5.38. The van der Waals surface area contributed by atoms with Gasteiger partial charge in [-0.2, -0.15) is 10.4 Å². The molecule has 0 aromatic heterocycles. The molecule has 2 amide bonds. The Morgan fingerprint density at radius 3 is 2.53 bits per heavy atom. The number of nitrogens with one attached hydrogen (secondary N) is 2. The minimum atomic E-state index is -0.569. The molecule has 0 spiro atoms. The van der Waals surface area contributed by atoms with Gasteiger partial charge in [-0.1, -0.05) is 18.2 Å². The summed E-state index contributed by atoms with van der Waals surface area (Å²) < 4.78 is 17.1. The van der Waals surface area contributed by atoms with E-state index in [1.165, 1.54) is 20.4 Å². The minimum Gasteiger partial charge on any atom is -0.497 e. The molecule has 3 rings (SSSR count). The SMILES string of the molecule is COc1cccc(NC(=O)CC(=O)NN=Cc2cc(Br)c(OCc3ccc(C#N)cc3)c(OC)c2)c1. The van der Waals surface area contributed by atoms with E-state index in [0.717, 1.165) is 5.56 Å². The predicted octanol–water partition coefficient (Wildman–Crippen LogP) is 4.40. The molecule has 3 aromatic carbocycles. The number of halogens is 1. The van der Waals surface area contributed by atoms with Crippen molar-refractivity contribution in [1.82, 2.24) is 5.43 Å². The highest BCUT2D eigenvalue weighted by Gasteiger charge is 2.13. The van der Waals surface area contributed by atoms with E-state index in [-0.39, 0.29) is 6.61 Å². The summed E-state index contributed by atoms with van der Waals surface area (Å²) in [5.74, 6) is 0.499. The van der Waals surface area contributed by atoms with E-state index in [9.17, 15) is 9.59 Å². The molecule has 36 heavy (non-hydrogen) atoms. The highest BCUT2D eigenvalue weighted by atomic mass is 79.9. The van der Waals surface area contributed by atoms with Crippen molar-refractivity contribution >= 4 is 39.6 Å². The van der Waals surface area contributed by atoms with Crippen molar-refractivity contribution in [2.75, 3.05) is 19.5 Å². The number of anilines is 1. The molecule has 9 nitrogen and oxygen atoms in total. The summed E-state index contributed by atoms with van der Waals surface area (Å²) in [6.07, 6.45) is 1.03. The zero-order chi connectivity index (χ0) is 25.9. The van der Waals surface area contributed by atoms with Gasteiger partial charge in [0.2, 0.25) is 11.8 Å². The number of nitriles is 1. The van der Waals surface area contributed by atoms with Crippen LogP contribution in [0.3, 0.4) is 0 Å². The van der Waals surface area contributed by atoms with Crippen LogP contribution in [-0.4, -0.2) is 32.2 Å². The lowest BCUT2D eigenvalue weighted by Gasteiger charge is -2.13. The second-order valence-electron chi connectivity index (χ2n) is 7.38. The highest BCUT2D eigenvalue weighted by molar-refractivity contribution is 9.10. The zero-order valence-electron chi connectivity index (χ0n) is 19.6. The van der Waals surface area contributed by atoms with Crippen LogP contribution in [0.5, 0.6) is 17.2 Å². The summed E-state index contributed by atoms with van der Waals surface area (Å²) in [6, 6.07) is 19.4. The first kappa shape index (κ1) is 26.2. The molecule has 0 aliphatic heterocycles. The van der Waals surface area contributed by atoms with E-state index in [0.29, 0.717) is 38.5 Å². The van der Waals surface area contributed by atoms with Crippen LogP contribution < -0.4 is 25.0 Å². The first-order chi connectivity index (χ1) is 17.4. The summed E-state index contributed by atoms with van der Waals surface area (Å²) in [6.45, 7) is 0.280. The average Bonchev–Trinajstić information content (AvgIpc) is 2.88. The molecule has 0 heterocycles. The predicted molar refractivity (Wildman–Crippen MR) is 138 cm³/mol. The Hall–Kier alpha value is -4.36. The molecule has 0 atom stereocenters. The van der Waals surface area contributed by atoms with Crippen LogP contribution in [0, 0.1) is 11.3 Å². The van der Waals surface area contributed by atoms with Gasteiger partial charge >= 0.3 is 0 Å².